The molecule has 402 valence electrons. The summed E-state index contributed by atoms with van der Waals surface area (Å²) in [6, 6.07) is 90.8. The van der Waals surface area contributed by atoms with Gasteiger partial charge < -0.3 is 27.4 Å². The number of allylic oxidation sites excluding steroid dienone is 6. The summed E-state index contributed by atoms with van der Waals surface area (Å²) in [5, 5.41) is 12.2. The summed E-state index contributed by atoms with van der Waals surface area (Å²) in [7, 11) is 0. The van der Waals surface area contributed by atoms with Gasteiger partial charge in [0.15, 0.2) is 0 Å². The van der Waals surface area contributed by atoms with Gasteiger partial charge in [0.2, 0.25) is 0 Å². The highest BCUT2D eigenvalue weighted by Gasteiger charge is 2.26. The monoisotopic (exact) mass is 1100 g/mol. The van der Waals surface area contributed by atoms with Crippen LogP contribution in [0.1, 0.15) is 22.5 Å². The molecule has 11 aromatic carbocycles. The van der Waals surface area contributed by atoms with E-state index < -0.39 is 0 Å². The van der Waals surface area contributed by atoms with Crippen LogP contribution in [0.3, 0.4) is 0 Å². The summed E-state index contributed by atoms with van der Waals surface area (Å²) in [5.74, 6) is 0. The SMILES string of the molecule is C1=CCc2c(n(-c3cc(-n4c5c(c6ccccc64)C=CC=CC5)cc(-n4c5ccccc5c5cc6c(cc54)c4ccccc4n6-c4cc(-n5c6ccccc6c6ccccc65)cc(-n5c6ccccc6c6ccccc65)c4)c3)c3ccccc23)C=C1. The summed E-state index contributed by atoms with van der Waals surface area (Å²) in [4.78, 5) is 0. The summed E-state index contributed by atoms with van der Waals surface area (Å²) < 4.78 is 15.0. The Labute approximate surface area is 494 Å². The van der Waals surface area contributed by atoms with Gasteiger partial charge in [-0.3, -0.25) is 0 Å². The zero-order valence-corrected chi connectivity index (χ0v) is 46.8. The fourth-order valence-corrected chi connectivity index (χ4v) is 15.1. The third kappa shape index (κ3) is 6.66. The van der Waals surface area contributed by atoms with Crippen molar-refractivity contribution in [3.63, 3.8) is 0 Å². The van der Waals surface area contributed by atoms with Crippen molar-refractivity contribution in [3.05, 3.63) is 302 Å². The Hall–Kier alpha value is -11.3. The first-order chi connectivity index (χ1) is 42.7. The predicted molar refractivity (Wildman–Crippen MR) is 361 cm³/mol. The van der Waals surface area contributed by atoms with Crippen LogP contribution in [0.4, 0.5) is 0 Å². The number of rotatable bonds is 6. The molecule has 0 aliphatic heterocycles. The van der Waals surface area contributed by atoms with Crippen LogP contribution in [0, 0.1) is 0 Å². The van der Waals surface area contributed by atoms with Gasteiger partial charge in [-0.05, 0) is 115 Å². The van der Waals surface area contributed by atoms with Gasteiger partial charge in [-0.15, -0.1) is 0 Å². The molecule has 17 aromatic rings. The number of benzene rings is 11. The van der Waals surface area contributed by atoms with Crippen LogP contribution in [0.15, 0.2) is 279 Å². The maximum Gasteiger partial charge on any atom is 0.0548 e. The molecule has 6 heteroatoms. The van der Waals surface area contributed by atoms with Gasteiger partial charge in [0.1, 0.15) is 0 Å². The van der Waals surface area contributed by atoms with Crippen LogP contribution in [-0.4, -0.2) is 27.4 Å². The van der Waals surface area contributed by atoms with Gasteiger partial charge in [-0.25, -0.2) is 0 Å². The van der Waals surface area contributed by atoms with Gasteiger partial charge in [0.25, 0.3) is 0 Å². The second-order valence-electron chi connectivity index (χ2n) is 23.2. The molecule has 0 amide bonds. The summed E-state index contributed by atoms with van der Waals surface area (Å²) in [6.07, 6.45) is 19.6. The lowest BCUT2D eigenvalue weighted by molar-refractivity contribution is 0.987. The summed E-state index contributed by atoms with van der Waals surface area (Å²) >= 11 is 0. The molecule has 2 aliphatic rings. The average Bonchev–Trinajstić information content (AvgIpc) is 1.87. The molecular weight excluding hydrogens is 1040 g/mol. The molecule has 0 radical (unpaired) electrons. The topological polar surface area (TPSA) is 29.6 Å². The summed E-state index contributed by atoms with van der Waals surface area (Å²) in [6.45, 7) is 0. The van der Waals surface area contributed by atoms with Gasteiger partial charge in [0, 0.05) is 71.5 Å². The van der Waals surface area contributed by atoms with Gasteiger partial charge in [0.05, 0.1) is 95.0 Å². The van der Waals surface area contributed by atoms with Crippen molar-refractivity contribution < 1.29 is 0 Å². The average molecular weight is 1100 g/mol. The standard InChI is InChI=1S/C80H52N6/c1-3-23-57-59-25-7-15-35-71(59)81(69(57)33-5-1)51-43-52(82-70-34-6-2-4-24-58(70)60-26-8-16-36-72(60)82)46-55(45-51)85-77-41-21-13-31-65(77)67-50-80-68(49-79(67)85)66-32-14-22-42-78(66)86(80)56-47-53(83-73-37-17-9-27-61(73)62-28-10-18-38-74(62)83)44-54(48-56)84-75-39-19-11-29-63(75)64-30-12-20-40-76(64)84/h1-23,25-32,34-50H,24,33H2. The maximum atomic E-state index is 2.54. The largest absolute Gasteiger partial charge is 0.313 e. The quantitative estimate of drug-likeness (QED) is 0.159. The van der Waals surface area contributed by atoms with Crippen molar-refractivity contribution in [2.75, 3.05) is 0 Å². The molecule has 86 heavy (non-hydrogen) atoms. The van der Waals surface area contributed by atoms with Crippen molar-refractivity contribution in [1.82, 2.24) is 27.4 Å². The van der Waals surface area contributed by atoms with E-state index in [4.69, 9.17) is 0 Å². The highest BCUT2D eigenvalue weighted by atomic mass is 15.1. The number of nitrogens with zero attached hydrogens (tertiary/aromatic N) is 6. The van der Waals surface area contributed by atoms with Crippen molar-refractivity contribution in [2.24, 2.45) is 0 Å². The Morgan fingerprint density at radius 1 is 0.221 bits per heavy atom. The lowest BCUT2D eigenvalue weighted by atomic mass is 10.1. The second-order valence-corrected chi connectivity index (χ2v) is 23.2. The first-order valence-corrected chi connectivity index (χ1v) is 29.9. The molecule has 6 nitrogen and oxygen atoms in total. The Morgan fingerprint density at radius 3 is 0.953 bits per heavy atom. The molecule has 0 saturated carbocycles. The molecule has 0 saturated heterocycles. The lowest BCUT2D eigenvalue weighted by Gasteiger charge is -2.19. The molecular formula is C80H52N6. The molecule has 19 rings (SSSR count). The minimum atomic E-state index is 0.811. The number of para-hydroxylation sites is 8. The van der Waals surface area contributed by atoms with Crippen LogP contribution < -0.4 is 0 Å². The van der Waals surface area contributed by atoms with E-state index in [0.717, 1.165) is 69.0 Å². The molecule has 0 N–H and O–H groups in total. The van der Waals surface area contributed by atoms with Crippen LogP contribution >= 0.6 is 0 Å². The second kappa shape index (κ2) is 18.1. The van der Waals surface area contributed by atoms with E-state index in [1.165, 1.54) is 109 Å². The third-order valence-electron chi connectivity index (χ3n) is 18.6. The molecule has 0 bridgehead atoms. The molecule has 0 unspecified atom stereocenters. The van der Waals surface area contributed by atoms with E-state index in [2.05, 4.69) is 319 Å². The van der Waals surface area contributed by atoms with Crippen LogP contribution in [0.25, 0.3) is 155 Å². The van der Waals surface area contributed by atoms with E-state index in [1.54, 1.807) is 0 Å². The highest BCUT2D eigenvalue weighted by Crippen LogP contribution is 2.44. The Balaban J connectivity index is 0.908. The van der Waals surface area contributed by atoms with Crippen molar-refractivity contribution in [3.8, 4) is 34.1 Å². The zero-order chi connectivity index (χ0) is 56.1. The molecule has 2 aliphatic carbocycles. The van der Waals surface area contributed by atoms with Gasteiger partial charge in [-0.2, -0.15) is 0 Å². The van der Waals surface area contributed by atoms with Crippen LogP contribution in [-0.2, 0) is 12.8 Å². The van der Waals surface area contributed by atoms with E-state index >= 15 is 0 Å². The minimum Gasteiger partial charge on any atom is -0.313 e. The van der Waals surface area contributed by atoms with E-state index in [1.807, 2.05) is 0 Å². The van der Waals surface area contributed by atoms with Crippen molar-refractivity contribution in [2.45, 2.75) is 12.8 Å². The number of hydrogen-bond acceptors (Lipinski definition) is 0. The number of aromatic nitrogens is 6. The van der Waals surface area contributed by atoms with E-state index in [-0.39, 0.29) is 0 Å². The normalized spacial score (nSPS) is 13.3. The highest BCUT2D eigenvalue weighted by molar-refractivity contribution is 6.19. The zero-order valence-electron chi connectivity index (χ0n) is 46.8. The first-order valence-electron chi connectivity index (χ1n) is 29.9. The fourth-order valence-electron chi connectivity index (χ4n) is 15.1. The third-order valence-corrected chi connectivity index (χ3v) is 18.6. The minimum absolute atomic E-state index is 0.811. The van der Waals surface area contributed by atoms with Gasteiger partial charge >= 0.3 is 0 Å². The van der Waals surface area contributed by atoms with E-state index in [0.29, 0.717) is 0 Å². The predicted octanol–water partition coefficient (Wildman–Crippen LogP) is 20.2. The Kier molecular flexibility index (Phi) is 9.92. The Bertz CT molecular complexity index is 5670. The molecule has 0 fully saturated rings. The number of hydrogen-bond donors (Lipinski definition) is 0. The lowest BCUT2D eigenvalue weighted by Crippen LogP contribution is -2.06. The van der Waals surface area contributed by atoms with Crippen LogP contribution in [0.2, 0.25) is 0 Å². The molecule has 6 aromatic heterocycles. The van der Waals surface area contributed by atoms with Crippen molar-refractivity contribution >= 4 is 121 Å². The fraction of sp³-hybridized carbons (Fsp3) is 0.0250. The van der Waals surface area contributed by atoms with Crippen LogP contribution in [0.5, 0.6) is 0 Å². The smallest absolute Gasteiger partial charge is 0.0548 e. The molecule has 0 atom stereocenters. The molecule has 6 heterocycles. The molecule has 0 spiro atoms. The summed E-state index contributed by atoms with van der Waals surface area (Å²) in [5.41, 5.74) is 23.4. The van der Waals surface area contributed by atoms with Gasteiger partial charge in [-0.1, -0.05) is 188 Å². The Morgan fingerprint density at radius 2 is 0.523 bits per heavy atom. The first kappa shape index (κ1) is 47.2. The number of fused-ring (bicyclic) bond motifs is 18. The van der Waals surface area contributed by atoms with Crippen molar-refractivity contribution in [1.29, 1.82) is 0 Å². The van der Waals surface area contributed by atoms with E-state index in [9.17, 15) is 0 Å². The maximum absolute atomic E-state index is 2.54.